The molecule has 0 radical (unpaired) electrons. The quantitative estimate of drug-likeness (QED) is 0.857. The minimum Gasteiger partial charge on any atom is -0.488 e. The summed E-state index contributed by atoms with van der Waals surface area (Å²) in [6.07, 6.45) is 0. The topological polar surface area (TPSA) is 21.3 Å². The van der Waals surface area contributed by atoms with Crippen molar-refractivity contribution in [3.63, 3.8) is 0 Å². The molecule has 0 aliphatic heterocycles. The van der Waals surface area contributed by atoms with Crippen LogP contribution < -0.4 is 10.1 Å². The maximum Gasteiger partial charge on any atom is 0.122 e. The molecule has 0 amide bonds. The Morgan fingerprint density at radius 2 is 1.81 bits per heavy atom. The maximum atomic E-state index is 5.67. The van der Waals surface area contributed by atoms with E-state index in [1.807, 2.05) is 37.4 Å². The van der Waals surface area contributed by atoms with Crippen molar-refractivity contribution < 1.29 is 4.74 Å². The van der Waals surface area contributed by atoms with Crippen molar-refractivity contribution in [2.24, 2.45) is 0 Å². The molecule has 2 rings (SSSR count). The molecule has 0 unspecified atom stereocenters. The summed E-state index contributed by atoms with van der Waals surface area (Å²) in [5.74, 6) is 0.922. The van der Waals surface area contributed by atoms with Crippen LogP contribution in [-0.4, -0.2) is 7.05 Å². The van der Waals surface area contributed by atoms with E-state index in [2.05, 4.69) is 17.4 Å². The Balaban J connectivity index is 1.89. The first-order valence-electron chi connectivity index (χ1n) is 5.28. The lowest BCUT2D eigenvalue weighted by Crippen LogP contribution is -2.02. The van der Waals surface area contributed by atoms with Crippen LogP contribution in [0.1, 0.15) is 9.75 Å². The first kappa shape index (κ1) is 11.2. The third kappa shape index (κ3) is 3.08. The van der Waals surface area contributed by atoms with Gasteiger partial charge in [-0.3, -0.25) is 0 Å². The van der Waals surface area contributed by atoms with Gasteiger partial charge in [-0.05, 0) is 31.3 Å². The zero-order chi connectivity index (χ0) is 11.2. The molecule has 0 saturated heterocycles. The van der Waals surface area contributed by atoms with Gasteiger partial charge >= 0.3 is 0 Å². The van der Waals surface area contributed by atoms with Crippen molar-refractivity contribution >= 4 is 11.3 Å². The van der Waals surface area contributed by atoms with Crippen LogP contribution in [0, 0.1) is 0 Å². The summed E-state index contributed by atoms with van der Waals surface area (Å²) in [6.45, 7) is 1.58. The number of hydrogen-bond donors (Lipinski definition) is 1. The molecular formula is C13H15NOS. The Hall–Kier alpha value is -1.32. The molecule has 84 valence electrons. The zero-order valence-corrected chi connectivity index (χ0v) is 10.1. The molecule has 0 bridgehead atoms. The van der Waals surface area contributed by atoms with Gasteiger partial charge in [0.2, 0.25) is 0 Å². The van der Waals surface area contributed by atoms with E-state index in [0.29, 0.717) is 6.61 Å². The molecule has 0 aliphatic carbocycles. The highest BCUT2D eigenvalue weighted by Crippen LogP contribution is 2.18. The molecule has 1 aromatic heterocycles. The average Bonchev–Trinajstić information content (AvgIpc) is 2.76. The molecule has 1 N–H and O–H groups in total. The van der Waals surface area contributed by atoms with E-state index in [1.54, 1.807) is 11.3 Å². The Kier molecular flexibility index (Phi) is 3.97. The predicted molar refractivity (Wildman–Crippen MR) is 67.9 cm³/mol. The molecular weight excluding hydrogens is 218 g/mol. The number of rotatable bonds is 5. The van der Waals surface area contributed by atoms with E-state index in [4.69, 9.17) is 4.74 Å². The van der Waals surface area contributed by atoms with Gasteiger partial charge in [-0.25, -0.2) is 0 Å². The number of ether oxygens (including phenoxy) is 1. The minimum absolute atomic E-state index is 0.651. The summed E-state index contributed by atoms with van der Waals surface area (Å²) >= 11 is 1.79. The van der Waals surface area contributed by atoms with Crippen molar-refractivity contribution in [3.05, 3.63) is 52.2 Å². The monoisotopic (exact) mass is 233 g/mol. The number of thiophene rings is 1. The molecule has 16 heavy (non-hydrogen) atoms. The maximum absolute atomic E-state index is 5.67. The van der Waals surface area contributed by atoms with Crippen LogP contribution in [0.3, 0.4) is 0 Å². The van der Waals surface area contributed by atoms with E-state index in [-0.39, 0.29) is 0 Å². The number of hydrogen-bond acceptors (Lipinski definition) is 3. The fourth-order valence-electron chi connectivity index (χ4n) is 1.44. The third-order valence-electron chi connectivity index (χ3n) is 2.19. The van der Waals surface area contributed by atoms with Gasteiger partial charge in [-0.2, -0.15) is 0 Å². The van der Waals surface area contributed by atoms with Crippen molar-refractivity contribution in [2.45, 2.75) is 13.2 Å². The van der Waals surface area contributed by atoms with Gasteiger partial charge in [0, 0.05) is 16.3 Å². The fourth-order valence-corrected chi connectivity index (χ4v) is 2.38. The highest BCUT2D eigenvalue weighted by molar-refractivity contribution is 7.11. The fraction of sp³-hybridized carbons (Fsp3) is 0.231. The van der Waals surface area contributed by atoms with Crippen LogP contribution in [0.4, 0.5) is 0 Å². The summed E-state index contributed by atoms with van der Waals surface area (Å²) in [7, 11) is 1.96. The molecule has 0 atom stereocenters. The predicted octanol–water partition coefficient (Wildman–Crippen LogP) is 3.05. The molecule has 3 heteroatoms. The third-order valence-corrected chi connectivity index (χ3v) is 3.25. The Labute approximate surface area is 99.9 Å². The van der Waals surface area contributed by atoms with Gasteiger partial charge in [0.15, 0.2) is 0 Å². The van der Waals surface area contributed by atoms with Gasteiger partial charge in [-0.1, -0.05) is 18.2 Å². The van der Waals surface area contributed by atoms with E-state index < -0.39 is 0 Å². The molecule has 0 fully saturated rings. The first-order chi connectivity index (χ1) is 7.88. The molecule has 2 aromatic rings. The first-order valence-corrected chi connectivity index (χ1v) is 6.10. The Morgan fingerprint density at radius 3 is 2.56 bits per heavy atom. The van der Waals surface area contributed by atoms with Crippen molar-refractivity contribution in [2.75, 3.05) is 7.05 Å². The largest absolute Gasteiger partial charge is 0.488 e. The van der Waals surface area contributed by atoms with Crippen LogP contribution in [-0.2, 0) is 13.2 Å². The molecule has 0 aliphatic rings. The second-order valence-corrected chi connectivity index (χ2v) is 4.75. The summed E-state index contributed by atoms with van der Waals surface area (Å²) in [5, 5.41) is 3.14. The number of nitrogens with one attached hydrogen (secondary N) is 1. The lowest BCUT2D eigenvalue weighted by atomic mass is 10.3. The van der Waals surface area contributed by atoms with Crippen LogP contribution in [0.15, 0.2) is 42.5 Å². The Bertz CT molecular complexity index is 425. The molecule has 0 spiro atoms. The van der Waals surface area contributed by atoms with Crippen LogP contribution in [0.25, 0.3) is 0 Å². The number of benzene rings is 1. The molecule has 1 heterocycles. The van der Waals surface area contributed by atoms with Crippen LogP contribution >= 0.6 is 11.3 Å². The highest BCUT2D eigenvalue weighted by atomic mass is 32.1. The standard InChI is InChI=1S/C13H15NOS/c1-14-9-12-7-8-13(16-12)10-15-11-5-3-2-4-6-11/h2-8,14H,9-10H2,1H3. The normalized spacial score (nSPS) is 10.3. The van der Waals surface area contributed by atoms with Gasteiger partial charge < -0.3 is 10.1 Å². The van der Waals surface area contributed by atoms with E-state index in [1.165, 1.54) is 9.75 Å². The van der Waals surface area contributed by atoms with E-state index >= 15 is 0 Å². The lowest BCUT2D eigenvalue weighted by Gasteiger charge is -2.03. The summed E-state index contributed by atoms with van der Waals surface area (Å²) in [4.78, 5) is 2.60. The molecule has 1 aromatic carbocycles. The van der Waals surface area contributed by atoms with Crippen LogP contribution in [0.5, 0.6) is 5.75 Å². The molecule has 0 saturated carbocycles. The van der Waals surface area contributed by atoms with Gasteiger partial charge in [0.25, 0.3) is 0 Å². The molecule has 2 nitrogen and oxygen atoms in total. The summed E-state index contributed by atoms with van der Waals surface area (Å²) < 4.78 is 5.67. The van der Waals surface area contributed by atoms with Gasteiger partial charge in [0.1, 0.15) is 12.4 Å². The average molecular weight is 233 g/mol. The number of para-hydroxylation sites is 1. The van der Waals surface area contributed by atoms with E-state index in [9.17, 15) is 0 Å². The summed E-state index contributed by atoms with van der Waals surface area (Å²) in [5.41, 5.74) is 0. The van der Waals surface area contributed by atoms with Gasteiger partial charge in [0.05, 0.1) is 0 Å². The van der Waals surface area contributed by atoms with Crippen LogP contribution in [0.2, 0.25) is 0 Å². The van der Waals surface area contributed by atoms with Crippen molar-refractivity contribution in [1.82, 2.24) is 5.32 Å². The summed E-state index contributed by atoms with van der Waals surface area (Å²) in [6, 6.07) is 14.2. The highest BCUT2D eigenvalue weighted by Gasteiger charge is 2.00. The van der Waals surface area contributed by atoms with Gasteiger partial charge in [-0.15, -0.1) is 11.3 Å². The second-order valence-electron chi connectivity index (χ2n) is 3.50. The van der Waals surface area contributed by atoms with Crippen molar-refractivity contribution in [1.29, 1.82) is 0 Å². The minimum atomic E-state index is 0.651. The second kappa shape index (κ2) is 5.68. The smallest absolute Gasteiger partial charge is 0.122 e. The lowest BCUT2D eigenvalue weighted by molar-refractivity contribution is 0.310. The Morgan fingerprint density at radius 1 is 1.06 bits per heavy atom. The van der Waals surface area contributed by atoms with Crippen molar-refractivity contribution in [3.8, 4) is 5.75 Å². The van der Waals surface area contributed by atoms with E-state index in [0.717, 1.165) is 12.3 Å². The SMILES string of the molecule is CNCc1ccc(COc2ccccc2)s1. The zero-order valence-electron chi connectivity index (χ0n) is 9.27.